The second-order valence-corrected chi connectivity index (χ2v) is 4.98. The van der Waals surface area contributed by atoms with E-state index in [1.807, 2.05) is 0 Å². The zero-order valence-electron chi connectivity index (χ0n) is 11.5. The van der Waals surface area contributed by atoms with Gasteiger partial charge < -0.3 is 4.90 Å². The van der Waals surface area contributed by atoms with Crippen LogP contribution in [0.2, 0.25) is 5.02 Å². The Labute approximate surface area is 126 Å². The van der Waals surface area contributed by atoms with Gasteiger partial charge in [-0.05, 0) is 24.6 Å². The fraction of sp³-hybridized carbons (Fsp3) is 0.200. The van der Waals surface area contributed by atoms with Gasteiger partial charge in [-0.3, -0.25) is 4.79 Å². The van der Waals surface area contributed by atoms with Crippen LogP contribution in [0.15, 0.2) is 36.5 Å². The fourth-order valence-electron chi connectivity index (χ4n) is 1.97. The van der Waals surface area contributed by atoms with Crippen molar-refractivity contribution in [1.29, 1.82) is 0 Å². The fourth-order valence-corrected chi connectivity index (χ4v) is 2.27. The van der Waals surface area contributed by atoms with E-state index in [0.717, 1.165) is 17.8 Å². The van der Waals surface area contributed by atoms with E-state index in [-0.39, 0.29) is 11.6 Å². The van der Waals surface area contributed by atoms with Crippen LogP contribution in [-0.4, -0.2) is 22.8 Å². The van der Waals surface area contributed by atoms with Crippen LogP contribution in [0, 0.1) is 11.8 Å². The Kier molecular flexibility index (Phi) is 4.53. The van der Waals surface area contributed by atoms with Gasteiger partial charge in [0.15, 0.2) is 5.82 Å². The normalized spacial score (nSPS) is 12.0. The molecule has 1 unspecified atom stereocenters. The van der Waals surface area contributed by atoms with Gasteiger partial charge in [-0.25, -0.2) is 9.37 Å². The number of halogens is 3. The topological polar surface area (TPSA) is 33.2 Å². The highest BCUT2D eigenvalue weighted by Crippen LogP contribution is 2.27. The molecule has 1 aromatic carbocycles. The maximum atomic E-state index is 13.6. The molecule has 1 amide bonds. The second-order valence-electron chi connectivity index (χ2n) is 4.58. The number of nitrogens with zero attached hydrogens (tertiary/aromatic N) is 2. The summed E-state index contributed by atoms with van der Waals surface area (Å²) in [6.45, 7) is 1.76. The third-order valence-corrected chi connectivity index (χ3v) is 3.68. The molecule has 0 aliphatic carbocycles. The quantitative estimate of drug-likeness (QED) is 0.807. The van der Waals surface area contributed by atoms with Crippen LogP contribution in [0.3, 0.4) is 0 Å². The summed E-state index contributed by atoms with van der Waals surface area (Å²) >= 11 is 6.09. The molecule has 1 aromatic heterocycles. The number of carbonyl (C=O) groups excluding carboxylic acids is 1. The molecule has 0 saturated heterocycles. The highest BCUT2D eigenvalue weighted by molar-refractivity contribution is 6.31. The van der Waals surface area contributed by atoms with Gasteiger partial charge >= 0.3 is 0 Å². The predicted octanol–water partition coefficient (Wildman–Crippen LogP) is 3.85. The summed E-state index contributed by atoms with van der Waals surface area (Å²) in [5, 5.41) is 0.506. The Balaban J connectivity index is 2.31. The number of amides is 1. The first-order valence-corrected chi connectivity index (χ1v) is 6.63. The smallest absolute Gasteiger partial charge is 0.257 e. The largest absolute Gasteiger partial charge is 0.335 e. The predicted molar refractivity (Wildman–Crippen MR) is 76.1 cm³/mol. The van der Waals surface area contributed by atoms with Crippen molar-refractivity contribution in [3.05, 3.63) is 64.4 Å². The lowest BCUT2D eigenvalue weighted by Crippen LogP contribution is -2.30. The lowest BCUT2D eigenvalue weighted by Gasteiger charge is -2.26. The third kappa shape index (κ3) is 3.03. The summed E-state index contributed by atoms with van der Waals surface area (Å²) in [4.78, 5) is 16.8. The molecular formula is C15H13ClF2N2O. The van der Waals surface area contributed by atoms with Gasteiger partial charge in [0.25, 0.3) is 5.91 Å². The average Bonchev–Trinajstić information content (AvgIpc) is 2.48. The van der Waals surface area contributed by atoms with E-state index in [2.05, 4.69) is 4.98 Å². The lowest BCUT2D eigenvalue weighted by molar-refractivity contribution is 0.0736. The van der Waals surface area contributed by atoms with E-state index in [1.165, 1.54) is 11.9 Å². The Morgan fingerprint density at radius 3 is 2.62 bits per heavy atom. The Morgan fingerprint density at radius 1 is 1.29 bits per heavy atom. The van der Waals surface area contributed by atoms with Crippen molar-refractivity contribution in [2.45, 2.75) is 13.0 Å². The van der Waals surface area contributed by atoms with E-state index >= 15 is 0 Å². The van der Waals surface area contributed by atoms with E-state index in [9.17, 15) is 13.6 Å². The summed E-state index contributed by atoms with van der Waals surface area (Å²) in [5.41, 5.74) is 0.369. The van der Waals surface area contributed by atoms with Crippen LogP contribution >= 0.6 is 11.6 Å². The zero-order chi connectivity index (χ0) is 15.6. The number of benzene rings is 1. The SMILES string of the molecule is CC(c1ccccc1Cl)N(C)C(=O)c1ccnc(F)c1F. The van der Waals surface area contributed by atoms with Gasteiger partial charge in [-0.2, -0.15) is 4.39 Å². The molecule has 2 aromatic rings. The lowest BCUT2D eigenvalue weighted by atomic mass is 10.1. The molecule has 0 saturated carbocycles. The number of pyridine rings is 1. The molecule has 1 heterocycles. The van der Waals surface area contributed by atoms with Gasteiger partial charge in [0.05, 0.1) is 11.6 Å². The molecule has 0 aliphatic rings. The molecule has 3 nitrogen and oxygen atoms in total. The summed E-state index contributed by atoms with van der Waals surface area (Å²) in [6.07, 6.45) is 1.06. The molecule has 21 heavy (non-hydrogen) atoms. The standard InChI is InChI=1S/C15H13ClF2N2O/c1-9(10-5-3-4-6-12(10)16)20(2)15(21)11-7-8-19-14(18)13(11)17/h3-9H,1-2H3. The highest BCUT2D eigenvalue weighted by Gasteiger charge is 2.24. The van der Waals surface area contributed by atoms with Crippen LogP contribution in [-0.2, 0) is 0 Å². The van der Waals surface area contributed by atoms with Crippen molar-refractivity contribution in [1.82, 2.24) is 9.88 Å². The van der Waals surface area contributed by atoms with Gasteiger partial charge in [0.2, 0.25) is 5.95 Å². The van der Waals surface area contributed by atoms with Crippen LogP contribution in [0.25, 0.3) is 0 Å². The van der Waals surface area contributed by atoms with Crippen molar-refractivity contribution in [3.63, 3.8) is 0 Å². The molecule has 0 fully saturated rings. The second kappa shape index (κ2) is 6.18. The van der Waals surface area contributed by atoms with E-state index < -0.39 is 17.7 Å². The molecule has 110 valence electrons. The van der Waals surface area contributed by atoms with Crippen LogP contribution in [0.5, 0.6) is 0 Å². The average molecular weight is 311 g/mol. The Morgan fingerprint density at radius 2 is 1.95 bits per heavy atom. The molecule has 2 rings (SSSR count). The number of hydrogen-bond acceptors (Lipinski definition) is 2. The molecule has 0 aliphatic heterocycles. The molecule has 1 atom stereocenters. The van der Waals surface area contributed by atoms with Crippen LogP contribution < -0.4 is 0 Å². The van der Waals surface area contributed by atoms with Gasteiger partial charge in [-0.1, -0.05) is 29.8 Å². The first-order valence-electron chi connectivity index (χ1n) is 6.25. The minimum atomic E-state index is -1.29. The van der Waals surface area contributed by atoms with Gasteiger partial charge in [-0.15, -0.1) is 0 Å². The number of hydrogen-bond donors (Lipinski definition) is 0. The number of aromatic nitrogens is 1. The van der Waals surface area contributed by atoms with Crippen molar-refractivity contribution >= 4 is 17.5 Å². The minimum Gasteiger partial charge on any atom is -0.335 e. The van der Waals surface area contributed by atoms with E-state index in [4.69, 9.17) is 11.6 Å². The third-order valence-electron chi connectivity index (χ3n) is 3.33. The van der Waals surface area contributed by atoms with Crippen LogP contribution in [0.1, 0.15) is 28.9 Å². The van der Waals surface area contributed by atoms with E-state index in [1.54, 1.807) is 31.2 Å². The van der Waals surface area contributed by atoms with Crippen LogP contribution in [0.4, 0.5) is 8.78 Å². The van der Waals surface area contributed by atoms with Crippen molar-refractivity contribution in [2.75, 3.05) is 7.05 Å². The number of rotatable bonds is 3. The summed E-state index contributed by atoms with van der Waals surface area (Å²) in [7, 11) is 1.51. The summed E-state index contributed by atoms with van der Waals surface area (Å²) < 4.78 is 26.8. The summed E-state index contributed by atoms with van der Waals surface area (Å²) in [6, 6.07) is 7.82. The monoisotopic (exact) mass is 310 g/mol. The Bertz CT molecular complexity index is 678. The van der Waals surface area contributed by atoms with Gasteiger partial charge in [0, 0.05) is 18.3 Å². The Hall–Kier alpha value is -2.01. The number of carbonyl (C=O) groups is 1. The van der Waals surface area contributed by atoms with E-state index in [0.29, 0.717) is 5.02 Å². The molecule has 0 bridgehead atoms. The minimum absolute atomic E-state index is 0.357. The van der Waals surface area contributed by atoms with Gasteiger partial charge in [0.1, 0.15) is 0 Å². The van der Waals surface area contributed by atoms with Crippen molar-refractivity contribution in [2.24, 2.45) is 0 Å². The molecule has 0 N–H and O–H groups in total. The summed E-state index contributed by atoms with van der Waals surface area (Å²) in [5.74, 6) is -3.18. The zero-order valence-corrected chi connectivity index (χ0v) is 12.2. The van der Waals surface area contributed by atoms with Crippen molar-refractivity contribution in [3.8, 4) is 0 Å². The molecular weight excluding hydrogens is 298 g/mol. The highest BCUT2D eigenvalue weighted by atomic mass is 35.5. The maximum absolute atomic E-state index is 13.6. The van der Waals surface area contributed by atoms with Crippen molar-refractivity contribution < 1.29 is 13.6 Å². The molecule has 6 heteroatoms. The first-order chi connectivity index (χ1) is 9.93. The maximum Gasteiger partial charge on any atom is 0.257 e. The molecule has 0 radical (unpaired) electrons. The molecule has 0 spiro atoms. The first kappa shape index (κ1) is 15.4.